The summed E-state index contributed by atoms with van der Waals surface area (Å²) in [6.07, 6.45) is 2.99. The zero-order valence-electron chi connectivity index (χ0n) is 15.5. The van der Waals surface area contributed by atoms with Gasteiger partial charge in [0, 0.05) is 0 Å². The maximum absolute atomic E-state index is 12.2. The van der Waals surface area contributed by atoms with Crippen molar-refractivity contribution >= 4 is 11.9 Å². The molecule has 26 heavy (non-hydrogen) atoms. The molecule has 0 aromatic heterocycles. The Kier molecular flexibility index (Phi) is 5.69. The van der Waals surface area contributed by atoms with Crippen LogP contribution in [-0.4, -0.2) is 31.4 Å². The monoisotopic (exact) mass is 362 g/mol. The van der Waals surface area contributed by atoms with Gasteiger partial charge in [-0.15, -0.1) is 0 Å². The topological polar surface area (TPSA) is 71.1 Å². The van der Waals surface area contributed by atoms with Crippen molar-refractivity contribution in [3.8, 4) is 11.5 Å². The van der Waals surface area contributed by atoms with E-state index in [4.69, 9.17) is 18.9 Å². The molecule has 1 heterocycles. The highest BCUT2D eigenvalue weighted by Crippen LogP contribution is 2.35. The first-order valence-electron chi connectivity index (χ1n) is 9.20. The lowest BCUT2D eigenvalue weighted by atomic mass is 9.75. The lowest BCUT2D eigenvalue weighted by Gasteiger charge is -2.36. The summed E-state index contributed by atoms with van der Waals surface area (Å²) in [5.74, 6) is 1.36. The Hall–Kier alpha value is -2.24. The van der Waals surface area contributed by atoms with Gasteiger partial charge < -0.3 is 18.9 Å². The van der Waals surface area contributed by atoms with Crippen molar-refractivity contribution in [1.82, 2.24) is 0 Å². The summed E-state index contributed by atoms with van der Waals surface area (Å²) >= 11 is 0. The highest BCUT2D eigenvalue weighted by atomic mass is 16.7. The molecule has 2 aliphatic rings. The maximum Gasteiger partial charge on any atom is 0.344 e. The van der Waals surface area contributed by atoms with Crippen LogP contribution in [0.15, 0.2) is 18.2 Å². The Morgan fingerprint density at radius 3 is 2.73 bits per heavy atom. The molecule has 1 aromatic rings. The molecule has 6 nitrogen and oxygen atoms in total. The van der Waals surface area contributed by atoms with Gasteiger partial charge in [-0.2, -0.15) is 0 Å². The average Bonchev–Trinajstić information content (AvgIpc) is 3.07. The Bertz CT molecular complexity index is 668. The molecule has 0 bridgehead atoms. The van der Waals surface area contributed by atoms with Crippen LogP contribution in [0.2, 0.25) is 0 Å². The lowest BCUT2D eigenvalue weighted by molar-refractivity contribution is -0.159. The minimum Gasteiger partial charge on any atom is -0.460 e. The van der Waals surface area contributed by atoms with Crippen molar-refractivity contribution < 1.29 is 28.5 Å². The van der Waals surface area contributed by atoms with Crippen molar-refractivity contribution in [3.05, 3.63) is 23.8 Å². The minimum absolute atomic E-state index is 0.101. The molecule has 0 saturated heterocycles. The van der Waals surface area contributed by atoms with Gasteiger partial charge in [-0.25, -0.2) is 9.59 Å². The second-order valence-electron chi connectivity index (χ2n) is 7.50. The van der Waals surface area contributed by atoms with Crippen LogP contribution in [-0.2, 0) is 14.3 Å². The summed E-state index contributed by atoms with van der Waals surface area (Å²) in [5, 5.41) is 0. The molecule has 3 atom stereocenters. The van der Waals surface area contributed by atoms with Gasteiger partial charge in [0.2, 0.25) is 6.79 Å². The molecule has 1 saturated carbocycles. The van der Waals surface area contributed by atoms with E-state index in [1.165, 1.54) is 0 Å². The Morgan fingerprint density at radius 2 is 1.96 bits per heavy atom. The number of hydrogen-bond donors (Lipinski definition) is 0. The minimum atomic E-state index is -0.585. The quantitative estimate of drug-likeness (QED) is 0.746. The van der Waals surface area contributed by atoms with E-state index in [1.807, 2.05) is 0 Å². The van der Waals surface area contributed by atoms with Crippen LogP contribution in [0.25, 0.3) is 0 Å². The van der Waals surface area contributed by atoms with Crippen LogP contribution in [0.5, 0.6) is 11.5 Å². The largest absolute Gasteiger partial charge is 0.460 e. The van der Waals surface area contributed by atoms with E-state index in [1.54, 1.807) is 18.2 Å². The molecule has 1 aliphatic heterocycles. The molecule has 0 amide bonds. The number of carbonyl (C=O) groups is 2. The first-order chi connectivity index (χ1) is 12.4. The summed E-state index contributed by atoms with van der Waals surface area (Å²) in [6.45, 7) is 6.24. The zero-order chi connectivity index (χ0) is 18.7. The van der Waals surface area contributed by atoms with Crippen molar-refractivity contribution in [3.63, 3.8) is 0 Å². The van der Waals surface area contributed by atoms with E-state index < -0.39 is 11.9 Å². The van der Waals surface area contributed by atoms with E-state index in [-0.39, 0.29) is 19.5 Å². The van der Waals surface area contributed by atoms with Gasteiger partial charge >= 0.3 is 11.9 Å². The van der Waals surface area contributed by atoms with Gasteiger partial charge in [0.15, 0.2) is 18.1 Å². The molecule has 3 rings (SSSR count). The fraction of sp³-hybridized carbons (Fsp3) is 0.600. The van der Waals surface area contributed by atoms with E-state index in [2.05, 4.69) is 20.8 Å². The molecule has 1 fully saturated rings. The highest BCUT2D eigenvalue weighted by molar-refractivity contribution is 5.91. The Morgan fingerprint density at radius 1 is 1.19 bits per heavy atom. The number of rotatable bonds is 5. The summed E-state index contributed by atoms with van der Waals surface area (Å²) in [5.41, 5.74) is 0.313. The molecule has 1 aliphatic carbocycles. The Balaban J connectivity index is 1.52. The molecule has 142 valence electrons. The summed E-state index contributed by atoms with van der Waals surface area (Å²) in [4.78, 5) is 24.3. The molecular weight excluding hydrogens is 336 g/mol. The van der Waals surface area contributed by atoms with Gasteiger partial charge in [0.25, 0.3) is 0 Å². The van der Waals surface area contributed by atoms with Crippen LogP contribution < -0.4 is 9.47 Å². The number of esters is 2. The van der Waals surface area contributed by atoms with Crippen molar-refractivity contribution in [2.75, 3.05) is 13.4 Å². The standard InChI is InChI=1S/C20H26O6/c1-12(2)15-6-4-13(3)8-17(15)26-19(21)10-23-20(22)14-5-7-16-18(9-14)25-11-24-16/h5,7,9,12-13,15,17H,4,6,8,10-11H2,1-3H3. The van der Waals surface area contributed by atoms with Crippen LogP contribution >= 0.6 is 0 Å². The third-order valence-corrected chi connectivity index (χ3v) is 5.17. The number of benzene rings is 1. The predicted molar refractivity (Wildman–Crippen MR) is 94.1 cm³/mol. The number of ether oxygens (including phenoxy) is 4. The fourth-order valence-electron chi connectivity index (χ4n) is 3.68. The summed E-state index contributed by atoms with van der Waals surface area (Å²) in [7, 11) is 0. The first kappa shape index (κ1) is 18.5. The number of fused-ring (bicyclic) bond motifs is 1. The molecule has 6 heteroatoms. The van der Waals surface area contributed by atoms with E-state index in [9.17, 15) is 9.59 Å². The second kappa shape index (κ2) is 7.98. The molecule has 0 N–H and O–H groups in total. The van der Waals surface area contributed by atoms with Crippen LogP contribution in [0.3, 0.4) is 0 Å². The molecule has 0 radical (unpaired) electrons. The third kappa shape index (κ3) is 4.29. The molecular formula is C20H26O6. The zero-order valence-corrected chi connectivity index (χ0v) is 15.5. The van der Waals surface area contributed by atoms with E-state index in [0.29, 0.717) is 34.8 Å². The van der Waals surface area contributed by atoms with Gasteiger partial charge in [-0.3, -0.25) is 0 Å². The predicted octanol–water partition coefficient (Wildman–Crippen LogP) is 3.58. The van der Waals surface area contributed by atoms with Gasteiger partial charge in [-0.05, 0) is 48.8 Å². The van der Waals surface area contributed by atoms with E-state index >= 15 is 0 Å². The van der Waals surface area contributed by atoms with E-state index in [0.717, 1.165) is 19.3 Å². The van der Waals surface area contributed by atoms with Crippen LogP contribution in [0.4, 0.5) is 0 Å². The van der Waals surface area contributed by atoms with Crippen LogP contribution in [0, 0.1) is 17.8 Å². The summed E-state index contributed by atoms with van der Waals surface area (Å²) in [6, 6.07) is 4.78. The first-order valence-corrected chi connectivity index (χ1v) is 9.20. The summed E-state index contributed by atoms with van der Waals surface area (Å²) < 4.78 is 21.2. The molecule has 1 aromatic carbocycles. The second-order valence-corrected chi connectivity index (χ2v) is 7.50. The SMILES string of the molecule is CC1CCC(C(C)C)C(OC(=O)COC(=O)c2ccc3c(c2)OCO3)C1. The number of hydrogen-bond acceptors (Lipinski definition) is 6. The molecule has 0 spiro atoms. The van der Waals surface area contributed by atoms with Crippen molar-refractivity contribution in [2.24, 2.45) is 17.8 Å². The van der Waals surface area contributed by atoms with Crippen molar-refractivity contribution in [1.29, 1.82) is 0 Å². The van der Waals surface area contributed by atoms with Gasteiger partial charge in [-0.1, -0.05) is 27.2 Å². The van der Waals surface area contributed by atoms with Crippen LogP contribution in [0.1, 0.15) is 50.4 Å². The van der Waals surface area contributed by atoms with Crippen molar-refractivity contribution in [2.45, 2.75) is 46.1 Å². The average molecular weight is 362 g/mol. The lowest BCUT2D eigenvalue weighted by Crippen LogP contribution is -2.36. The third-order valence-electron chi connectivity index (χ3n) is 5.17. The highest BCUT2D eigenvalue weighted by Gasteiger charge is 2.33. The Labute approximate surface area is 153 Å². The van der Waals surface area contributed by atoms with Gasteiger partial charge in [0.05, 0.1) is 5.56 Å². The smallest absolute Gasteiger partial charge is 0.344 e. The fourth-order valence-corrected chi connectivity index (χ4v) is 3.68. The molecule has 3 unspecified atom stereocenters. The normalized spacial score (nSPS) is 24.4. The number of carbonyl (C=O) groups excluding carboxylic acids is 2. The maximum atomic E-state index is 12.2. The van der Waals surface area contributed by atoms with Gasteiger partial charge in [0.1, 0.15) is 6.10 Å².